The first-order chi connectivity index (χ1) is 8.97. The van der Waals surface area contributed by atoms with Crippen LogP contribution in [0.5, 0.6) is 0 Å². The second kappa shape index (κ2) is 5.40. The van der Waals surface area contributed by atoms with Gasteiger partial charge >= 0.3 is 0 Å². The summed E-state index contributed by atoms with van der Waals surface area (Å²) in [5.74, 6) is -0.640. The van der Waals surface area contributed by atoms with E-state index in [-0.39, 0.29) is 11.7 Å². The van der Waals surface area contributed by atoms with Crippen LogP contribution in [0.2, 0.25) is 0 Å². The van der Waals surface area contributed by atoms with Crippen LogP contribution in [-0.4, -0.2) is 5.91 Å². The van der Waals surface area contributed by atoms with Crippen molar-refractivity contribution in [3.63, 3.8) is 0 Å². The Balaban J connectivity index is 2.23. The van der Waals surface area contributed by atoms with E-state index >= 15 is 0 Å². The molecule has 0 atom stereocenters. The van der Waals surface area contributed by atoms with Crippen molar-refractivity contribution < 1.29 is 9.18 Å². The molecule has 98 valence electrons. The lowest BCUT2D eigenvalue weighted by Gasteiger charge is -2.09. The van der Waals surface area contributed by atoms with Gasteiger partial charge in [0.05, 0.1) is 0 Å². The summed E-state index contributed by atoms with van der Waals surface area (Å²) in [6.07, 6.45) is 0. The first-order valence-corrected chi connectivity index (χ1v) is 6.39. The first kappa shape index (κ1) is 13.5. The molecule has 2 rings (SSSR count). The van der Waals surface area contributed by atoms with Crippen molar-refractivity contribution in [1.82, 2.24) is 0 Å². The second-order valence-electron chi connectivity index (χ2n) is 4.15. The molecule has 0 bridgehead atoms. The van der Waals surface area contributed by atoms with Gasteiger partial charge in [0, 0.05) is 21.4 Å². The minimum absolute atomic E-state index is 0.283. The highest BCUT2D eigenvalue weighted by Crippen LogP contribution is 2.23. The quantitative estimate of drug-likeness (QED) is 0.828. The summed E-state index contributed by atoms with van der Waals surface area (Å²) >= 11 is 3.29. The molecular formula is C14H12BrFN2O. The van der Waals surface area contributed by atoms with Gasteiger partial charge in [0.2, 0.25) is 0 Å². The maximum atomic E-state index is 13.0. The van der Waals surface area contributed by atoms with Crippen LogP contribution in [0.1, 0.15) is 15.9 Å². The Morgan fingerprint density at radius 1 is 1.26 bits per heavy atom. The maximum Gasteiger partial charge on any atom is 0.255 e. The smallest absolute Gasteiger partial charge is 0.255 e. The van der Waals surface area contributed by atoms with E-state index in [9.17, 15) is 9.18 Å². The number of hydrogen-bond donors (Lipinski definition) is 2. The van der Waals surface area contributed by atoms with Crippen molar-refractivity contribution >= 4 is 33.2 Å². The van der Waals surface area contributed by atoms with Gasteiger partial charge in [-0.3, -0.25) is 4.79 Å². The van der Waals surface area contributed by atoms with Gasteiger partial charge in [-0.15, -0.1) is 0 Å². The molecule has 0 aliphatic heterocycles. The number of benzene rings is 2. The Bertz CT molecular complexity index is 643. The summed E-state index contributed by atoms with van der Waals surface area (Å²) < 4.78 is 13.7. The third kappa shape index (κ3) is 3.12. The van der Waals surface area contributed by atoms with E-state index < -0.39 is 0 Å². The number of aryl methyl sites for hydroxylation is 1. The number of carbonyl (C=O) groups excluding carboxylic acids is 1. The van der Waals surface area contributed by atoms with Gasteiger partial charge < -0.3 is 11.1 Å². The molecule has 2 aromatic carbocycles. The number of nitrogens with one attached hydrogen (secondary N) is 1. The molecule has 0 aliphatic rings. The van der Waals surface area contributed by atoms with E-state index in [1.807, 2.05) is 0 Å². The Morgan fingerprint density at radius 2 is 2.00 bits per heavy atom. The standard InChI is InChI=1S/C14H12BrFN2O/c1-8-6-9(16)2-4-11(8)14(19)18-10-3-5-13(17)12(15)7-10/h2-7H,17H2,1H3,(H,18,19). The first-order valence-electron chi connectivity index (χ1n) is 5.60. The summed E-state index contributed by atoms with van der Waals surface area (Å²) in [5, 5.41) is 2.74. The van der Waals surface area contributed by atoms with E-state index in [4.69, 9.17) is 5.73 Å². The lowest BCUT2D eigenvalue weighted by Crippen LogP contribution is -2.13. The van der Waals surface area contributed by atoms with Crippen LogP contribution in [0, 0.1) is 12.7 Å². The van der Waals surface area contributed by atoms with Gasteiger partial charge in [-0.25, -0.2) is 4.39 Å². The van der Waals surface area contributed by atoms with Crippen molar-refractivity contribution in [2.45, 2.75) is 6.92 Å². The number of halogens is 2. The average molecular weight is 323 g/mol. The largest absolute Gasteiger partial charge is 0.398 e. The average Bonchev–Trinajstić information content (AvgIpc) is 2.33. The monoisotopic (exact) mass is 322 g/mol. The normalized spacial score (nSPS) is 10.3. The minimum atomic E-state index is -0.357. The van der Waals surface area contributed by atoms with Crippen LogP contribution in [0.3, 0.4) is 0 Å². The fraction of sp³-hybridized carbons (Fsp3) is 0.0714. The third-order valence-corrected chi connectivity index (χ3v) is 3.38. The Hall–Kier alpha value is -1.88. The predicted octanol–water partition coefficient (Wildman–Crippen LogP) is 3.73. The maximum absolute atomic E-state index is 13.0. The van der Waals surface area contributed by atoms with Crippen LogP contribution in [-0.2, 0) is 0 Å². The summed E-state index contributed by atoms with van der Waals surface area (Å²) in [4.78, 5) is 12.1. The fourth-order valence-electron chi connectivity index (χ4n) is 1.69. The second-order valence-corrected chi connectivity index (χ2v) is 5.00. The summed E-state index contributed by atoms with van der Waals surface area (Å²) in [6.45, 7) is 1.69. The van der Waals surface area contributed by atoms with E-state index in [1.54, 1.807) is 25.1 Å². The molecule has 1 amide bonds. The SMILES string of the molecule is Cc1cc(F)ccc1C(=O)Nc1ccc(N)c(Br)c1. The van der Waals surface area contributed by atoms with Gasteiger partial charge in [0.1, 0.15) is 5.82 Å². The van der Waals surface area contributed by atoms with Crippen LogP contribution in [0.15, 0.2) is 40.9 Å². The zero-order valence-electron chi connectivity index (χ0n) is 10.2. The van der Waals surface area contributed by atoms with Gasteiger partial charge in [0.15, 0.2) is 0 Å². The number of carbonyl (C=O) groups is 1. The molecule has 19 heavy (non-hydrogen) atoms. The van der Waals surface area contributed by atoms with Gasteiger partial charge in [-0.1, -0.05) is 0 Å². The fourth-order valence-corrected chi connectivity index (χ4v) is 2.06. The molecule has 0 spiro atoms. The van der Waals surface area contributed by atoms with E-state index in [0.717, 1.165) is 0 Å². The van der Waals surface area contributed by atoms with E-state index in [2.05, 4.69) is 21.2 Å². The molecule has 3 N–H and O–H groups in total. The molecule has 3 nitrogen and oxygen atoms in total. The van der Waals surface area contributed by atoms with Crippen LogP contribution in [0.4, 0.5) is 15.8 Å². The Kier molecular flexibility index (Phi) is 3.85. The van der Waals surface area contributed by atoms with Crippen LogP contribution < -0.4 is 11.1 Å². The number of anilines is 2. The number of nitrogens with two attached hydrogens (primary N) is 1. The van der Waals surface area contributed by atoms with Crippen LogP contribution >= 0.6 is 15.9 Å². The molecule has 0 unspecified atom stereocenters. The van der Waals surface area contributed by atoms with Gasteiger partial charge in [-0.05, 0) is 64.8 Å². The Labute approximate surface area is 118 Å². The summed E-state index contributed by atoms with van der Waals surface area (Å²) in [5.41, 5.74) is 7.91. The molecule has 0 heterocycles. The zero-order valence-corrected chi connectivity index (χ0v) is 11.8. The van der Waals surface area contributed by atoms with Crippen molar-refractivity contribution in [2.75, 3.05) is 11.1 Å². The molecule has 0 radical (unpaired) electrons. The molecule has 0 aromatic heterocycles. The third-order valence-electron chi connectivity index (χ3n) is 2.69. The molecule has 0 fully saturated rings. The van der Waals surface area contributed by atoms with Crippen molar-refractivity contribution in [3.8, 4) is 0 Å². The highest BCUT2D eigenvalue weighted by Gasteiger charge is 2.10. The zero-order chi connectivity index (χ0) is 14.0. The molecule has 0 aliphatic carbocycles. The predicted molar refractivity (Wildman–Crippen MR) is 77.6 cm³/mol. The minimum Gasteiger partial charge on any atom is -0.398 e. The lowest BCUT2D eigenvalue weighted by molar-refractivity contribution is 0.102. The summed E-state index contributed by atoms with van der Waals surface area (Å²) in [7, 11) is 0. The Morgan fingerprint density at radius 3 is 2.63 bits per heavy atom. The number of nitrogen functional groups attached to an aromatic ring is 1. The topological polar surface area (TPSA) is 55.1 Å². The van der Waals surface area contributed by atoms with Gasteiger partial charge in [-0.2, -0.15) is 0 Å². The van der Waals surface area contributed by atoms with Crippen LogP contribution in [0.25, 0.3) is 0 Å². The lowest BCUT2D eigenvalue weighted by atomic mass is 10.1. The van der Waals surface area contributed by atoms with Crippen molar-refractivity contribution in [2.24, 2.45) is 0 Å². The van der Waals surface area contributed by atoms with E-state index in [1.165, 1.54) is 18.2 Å². The molecular weight excluding hydrogens is 311 g/mol. The highest BCUT2D eigenvalue weighted by molar-refractivity contribution is 9.10. The molecule has 0 saturated heterocycles. The molecule has 5 heteroatoms. The van der Waals surface area contributed by atoms with Crippen molar-refractivity contribution in [3.05, 3.63) is 57.8 Å². The van der Waals surface area contributed by atoms with Crippen molar-refractivity contribution in [1.29, 1.82) is 0 Å². The number of amides is 1. The molecule has 2 aromatic rings. The molecule has 0 saturated carbocycles. The summed E-state index contributed by atoms with van der Waals surface area (Å²) in [6, 6.07) is 9.17. The number of hydrogen-bond acceptors (Lipinski definition) is 2. The van der Waals surface area contributed by atoms with Gasteiger partial charge in [0.25, 0.3) is 5.91 Å². The van der Waals surface area contributed by atoms with E-state index in [0.29, 0.717) is 27.0 Å². The number of rotatable bonds is 2. The highest BCUT2D eigenvalue weighted by atomic mass is 79.9.